The summed E-state index contributed by atoms with van der Waals surface area (Å²) in [6.45, 7) is 8.57. The number of hydrogen-bond acceptors (Lipinski definition) is 6. The van der Waals surface area contributed by atoms with Crippen LogP contribution in [0, 0.1) is 5.92 Å². The predicted molar refractivity (Wildman–Crippen MR) is 133 cm³/mol. The lowest BCUT2D eigenvalue weighted by atomic mass is 9.92. The van der Waals surface area contributed by atoms with Crippen LogP contribution < -0.4 is 20.9 Å². The van der Waals surface area contributed by atoms with E-state index in [1.54, 1.807) is 12.1 Å². The first kappa shape index (κ1) is 24.5. The quantitative estimate of drug-likeness (QED) is 0.147. The maximum Gasteiger partial charge on any atom is 0.170 e. The Kier molecular flexibility index (Phi) is 9.44. The highest BCUT2D eigenvalue weighted by Crippen LogP contribution is 2.22. The van der Waals surface area contributed by atoms with Gasteiger partial charge in [-0.25, -0.2) is 0 Å². The highest BCUT2D eigenvalue weighted by molar-refractivity contribution is 5.97. The lowest BCUT2D eigenvalue weighted by Gasteiger charge is -2.32. The van der Waals surface area contributed by atoms with Crippen molar-refractivity contribution in [3.63, 3.8) is 0 Å². The largest absolute Gasteiger partial charge is 0.494 e. The molecule has 33 heavy (non-hydrogen) atoms. The summed E-state index contributed by atoms with van der Waals surface area (Å²) in [6, 6.07) is 15.0. The van der Waals surface area contributed by atoms with Crippen molar-refractivity contribution in [2.24, 2.45) is 22.5 Å². The predicted octanol–water partition coefficient (Wildman–Crippen LogP) is 4.05. The molecule has 5 N–H and O–H groups in total. The second-order valence-electron chi connectivity index (χ2n) is 8.54. The molecule has 2 aromatic rings. The second kappa shape index (κ2) is 12.7. The SMILES string of the molecule is C=C(N)c1ccc(OCCCN2CCC(CCCOc3ccc(/C(N)=N/O)cc3)CC2)cc1. The summed E-state index contributed by atoms with van der Waals surface area (Å²) in [7, 11) is 0. The van der Waals surface area contributed by atoms with Crippen LogP contribution in [0.25, 0.3) is 5.70 Å². The zero-order chi connectivity index (χ0) is 23.5. The molecule has 0 saturated carbocycles. The van der Waals surface area contributed by atoms with Gasteiger partial charge in [-0.2, -0.15) is 0 Å². The van der Waals surface area contributed by atoms with Crippen LogP contribution in [0.4, 0.5) is 0 Å². The van der Waals surface area contributed by atoms with Gasteiger partial charge >= 0.3 is 0 Å². The summed E-state index contributed by atoms with van der Waals surface area (Å²) in [5.74, 6) is 2.56. The summed E-state index contributed by atoms with van der Waals surface area (Å²) in [4.78, 5) is 2.54. The Morgan fingerprint density at radius 1 is 0.909 bits per heavy atom. The van der Waals surface area contributed by atoms with Crippen LogP contribution in [0.1, 0.15) is 43.2 Å². The minimum atomic E-state index is 0.102. The summed E-state index contributed by atoms with van der Waals surface area (Å²) < 4.78 is 11.7. The standard InChI is InChI=1S/C26H36N4O3/c1-20(27)22-5-9-24(10-6-22)33-19-3-15-30-16-13-21(14-17-30)4-2-18-32-25-11-7-23(8-12-25)26(28)29-31/h5-12,21,31H,1-4,13-19,27H2,(H2,28,29). The van der Waals surface area contributed by atoms with Crippen molar-refractivity contribution in [3.8, 4) is 11.5 Å². The van der Waals surface area contributed by atoms with Crippen molar-refractivity contribution in [1.82, 2.24) is 4.90 Å². The molecule has 0 aliphatic carbocycles. The summed E-state index contributed by atoms with van der Waals surface area (Å²) in [5.41, 5.74) is 13.5. The van der Waals surface area contributed by atoms with Gasteiger partial charge in [-0.1, -0.05) is 11.7 Å². The number of likely N-dealkylation sites (tertiary alicyclic amines) is 1. The fourth-order valence-electron chi connectivity index (χ4n) is 4.08. The topological polar surface area (TPSA) is 106 Å². The average molecular weight is 453 g/mol. The van der Waals surface area contributed by atoms with E-state index < -0.39 is 0 Å². The Hall–Kier alpha value is -3.19. The lowest BCUT2D eigenvalue weighted by Crippen LogP contribution is -2.35. The third kappa shape index (κ3) is 8.02. The van der Waals surface area contributed by atoms with Crippen LogP contribution in [0.3, 0.4) is 0 Å². The molecule has 2 aromatic carbocycles. The van der Waals surface area contributed by atoms with Gasteiger partial charge in [0.15, 0.2) is 5.84 Å². The number of nitrogens with two attached hydrogens (primary N) is 2. The van der Waals surface area contributed by atoms with Crippen LogP contribution >= 0.6 is 0 Å². The van der Waals surface area contributed by atoms with Crippen molar-refractivity contribution in [2.75, 3.05) is 32.8 Å². The first-order chi connectivity index (χ1) is 16.0. The first-order valence-electron chi connectivity index (χ1n) is 11.7. The monoisotopic (exact) mass is 452 g/mol. The van der Waals surface area contributed by atoms with Gasteiger partial charge in [0.05, 0.1) is 13.2 Å². The van der Waals surface area contributed by atoms with E-state index in [-0.39, 0.29) is 5.84 Å². The summed E-state index contributed by atoms with van der Waals surface area (Å²) in [5, 5.41) is 11.7. The molecule has 1 saturated heterocycles. The van der Waals surface area contributed by atoms with E-state index in [1.165, 1.54) is 19.3 Å². The van der Waals surface area contributed by atoms with Crippen LogP contribution in [0.5, 0.6) is 11.5 Å². The van der Waals surface area contributed by atoms with E-state index in [0.717, 1.165) is 62.1 Å². The van der Waals surface area contributed by atoms with Gasteiger partial charge in [0.2, 0.25) is 0 Å². The third-order valence-corrected chi connectivity index (χ3v) is 6.10. The number of amidine groups is 1. The van der Waals surface area contributed by atoms with E-state index in [1.807, 2.05) is 36.4 Å². The molecular weight excluding hydrogens is 416 g/mol. The van der Waals surface area contributed by atoms with Crippen LogP contribution in [0.2, 0.25) is 0 Å². The van der Waals surface area contributed by atoms with Crippen molar-refractivity contribution in [1.29, 1.82) is 0 Å². The number of hydrogen-bond donors (Lipinski definition) is 3. The van der Waals surface area contributed by atoms with Crippen molar-refractivity contribution >= 4 is 11.5 Å². The van der Waals surface area contributed by atoms with Gasteiger partial charge in [0.1, 0.15) is 11.5 Å². The average Bonchev–Trinajstić information content (AvgIpc) is 2.85. The maximum atomic E-state index is 8.71. The molecule has 1 aliphatic rings. The second-order valence-corrected chi connectivity index (χ2v) is 8.54. The molecule has 1 aliphatic heterocycles. The van der Waals surface area contributed by atoms with E-state index in [0.29, 0.717) is 17.9 Å². The smallest absolute Gasteiger partial charge is 0.170 e. The molecule has 7 nitrogen and oxygen atoms in total. The van der Waals surface area contributed by atoms with E-state index in [2.05, 4.69) is 16.6 Å². The highest BCUT2D eigenvalue weighted by Gasteiger charge is 2.18. The molecule has 1 fully saturated rings. The van der Waals surface area contributed by atoms with E-state index in [9.17, 15) is 0 Å². The molecule has 0 atom stereocenters. The maximum absolute atomic E-state index is 8.71. The van der Waals surface area contributed by atoms with Crippen LogP contribution in [-0.2, 0) is 0 Å². The molecule has 0 unspecified atom stereocenters. The Morgan fingerprint density at radius 3 is 2.00 bits per heavy atom. The zero-order valence-electron chi connectivity index (χ0n) is 19.3. The van der Waals surface area contributed by atoms with Crippen molar-refractivity contribution in [2.45, 2.75) is 32.1 Å². The normalized spacial score (nSPS) is 15.3. The van der Waals surface area contributed by atoms with Gasteiger partial charge in [0, 0.05) is 17.8 Å². The van der Waals surface area contributed by atoms with Crippen molar-refractivity contribution in [3.05, 3.63) is 66.2 Å². The van der Waals surface area contributed by atoms with Crippen LogP contribution in [0.15, 0.2) is 60.3 Å². The molecule has 178 valence electrons. The summed E-state index contributed by atoms with van der Waals surface area (Å²) in [6.07, 6.45) is 5.78. The van der Waals surface area contributed by atoms with Crippen molar-refractivity contribution < 1.29 is 14.7 Å². The van der Waals surface area contributed by atoms with E-state index in [4.69, 9.17) is 26.1 Å². The molecule has 1 heterocycles. The number of piperidine rings is 1. The number of oxime groups is 1. The Morgan fingerprint density at radius 2 is 1.45 bits per heavy atom. The lowest BCUT2D eigenvalue weighted by molar-refractivity contribution is 0.161. The zero-order valence-corrected chi connectivity index (χ0v) is 19.3. The van der Waals surface area contributed by atoms with Gasteiger partial charge < -0.3 is 31.0 Å². The number of benzene rings is 2. The molecule has 0 spiro atoms. The molecule has 0 aromatic heterocycles. The number of rotatable bonds is 12. The highest BCUT2D eigenvalue weighted by atomic mass is 16.5. The van der Waals surface area contributed by atoms with E-state index >= 15 is 0 Å². The first-order valence-corrected chi connectivity index (χ1v) is 11.7. The van der Waals surface area contributed by atoms with Crippen LogP contribution in [-0.4, -0.2) is 48.8 Å². The fourth-order valence-corrected chi connectivity index (χ4v) is 4.08. The molecule has 0 bridgehead atoms. The Balaban J connectivity index is 1.23. The molecular formula is C26H36N4O3. The summed E-state index contributed by atoms with van der Waals surface area (Å²) >= 11 is 0. The van der Waals surface area contributed by atoms with Gasteiger partial charge in [-0.05, 0) is 105 Å². The fraction of sp³-hybridized carbons (Fsp3) is 0.423. The molecule has 3 rings (SSSR count). The number of ether oxygens (including phenoxy) is 2. The Bertz CT molecular complexity index is 889. The van der Waals surface area contributed by atoms with Gasteiger partial charge in [0.25, 0.3) is 0 Å². The number of nitrogens with zero attached hydrogens (tertiary/aromatic N) is 2. The Labute approximate surface area is 196 Å². The minimum absolute atomic E-state index is 0.102. The van der Waals surface area contributed by atoms with Gasteiger partial charge in [-0.15, -0.1) is 0 Å². The minimum Gasteiger partial charge on any atom is -0.494 e. The molecule has 0 amide bonds. The van der Waals surface area contributed by atoms with Gasteiger partial charge in [-0.3, -0.25) is 0 Å². The molecule has 7 heteroatoms. The third-order valence-electron chi connectivity index (χ3n) is 6.10. The molecule has 0 radical (unpaired) electrons.